The molecule has 118 valence electrons. The molecule has 2 N–H and O–H groups in total. The summed E-state index contributed by atoms with van der Waals surface area (Å²) in [6, 6.07) is 8.36. The normalized spacial score (nSPS) is 13.4. The Labute approximate surface area is 132 Å². The molecule has 0 aliphatic heterocycles. The third-order valence-corrected chi connectivity index (χ3v) is 3.57. The number of carbonyl (C=O) groups excluding carboxylic acids is 1. The van der Waals surface area contributed by atoms with Gasteiger partial charge in [-0.25, -0.2) is 0 Å². The first-order valence-corrected chi connectivity index (χ1v) is 7.35. The van der Waals surface area contributed by atoms with E-state index in [0.29, 0.717) is 17.8 Å². The third kappa shape index (κ3) is 3.82. The van der Waals surface area contributed by atoms with Gasteiger partial charge in [-0.2, -0.15) is 0 Å². The van der Waals surface area contributed by atoms with Gasteiger partial charge in [-0.3, -0.25) is 19.9 Å². The molecule has 1 saturated carbocycles. The van der Waals surface area contributed by atoms with E-state index in [1.807, 2.05) is 6.07 Å². The van der Waals surface area contributed by atoms with Gasteiger partial charge in [0.1, 0.15) is 5.69 Å². The Hall–Kier alpha value is -2.96. The first-order valence-electron chi connectivity index (χ1n) is 7.35. The van der Waals surface area contributed by atoms with Crippen LogP contribution in [0.25, 0.3) is 0 Å². The lowest BCUT2D eigenvalue weighted by atomic mass is 10.1. The number of nitrogens with one attached hydrogen (secondary N) is 2. The van der Waals surface area contributed by atoms with Gasteiger partial charge in [-0.15, -0.1) is 0 Å². The minimum atomic E-state index is -0.487. The van der Waals surface area contributed by atoms with Crippen LogP contribution in [0.1, 0.15) is 28.8 Å². The average molecular weight is 312 g/mol. The summed E-state index contributed by atoms with van der Waals surface area (Å²) in [6.45, 7) is 0.419. The summed E-state index contributed by atoms with van der Waals surface area (Å²) in [5, 5.41) is 17.1. The number of carbonyl (C=O) groups is 1. The predicted molar refractivity (Wildman–Crippen MR) is 85.1 cm³/mol. The van der Waals surface area contributed by atoms with E-state index in [9.17, 15) is 14.9 Å². The maximum Gasteiger partial charge on any atom is 0.293 e. The van der Waals surface area contributed by atoms with Gasteiger partial charge in [-0.05, 0) is 36.6 Å². The molecule has 0 bridgehead atoms. The van der Waals surface area contributed by atoms with Gasteiger partial charge in [0, 0.05) is 36.6 Å². The van der Waals surface area contributed by atoms with E-state index < -0.39 is 4.92 Å². The summed E-state index contributed by atoms with van der Waals surface area (Å²) in [5.41, 5.74) is 1.48. The van der Waals surface area contributed by atoms with Crippen LogP contribution in [0.2, 0.25) is 0 Å². The molecule has 1 aliphatic carbocycles. The number of rotatable bonds is 6. The van der Waals surface area contributed by atoms with Gasteiger partial charge in [0.2, 0.25) is 0 Å². The fourth-order valence-corrected chi connectivity index (χ4v) is 2.17. The van der Waals surface area contributed by atoms with Gasteiger partial charge in [0.25, 0.3) is 11.6 Å². The predicted octanol–water partition coefficient (Wildman–Crippen LogP) is 2.49. The number of hydrogen-bond acceptors (Lipinski definition) is 5. The molecule has 0 atom stereocenters. The number of nitro groups is 1. The molecule has 0 saturated heterocycles. The van der Waals surface area contributed by atoms with Crippen LogP contribution in [0.15, 0.2) is 42.7 Å². The van der Waals surface area contributed by atoms with E-state index in [1.54, 1.807) is 30.6 Å². The number of nitrogens with zero attached hydrogens (tertiary/aromatic N) is 2. The molecule has 0 unspecified atom stereocenters. The molecular weight excluding hydrogens is 296 g/mol. The number of anilines is 1. The second-order valence-electron chi connectivity index (χ2n) is 5.45. The van der Waals surface area contributed by atoms with Gasteiger partial charge < -0.3 is 10.6 Å². The molecule has 1 amide bonds. The van der Waals surface area contributed by atoms with Crippen LogP contribution < -0.4 is 10.6 Å². The molecule has 7 heteroatoms. The van der Waals surface area contributed by atoms with Crippen LogP contribution in [-0.2, 0) is 6.54 Å². The maximum atomic E-state index is 12.0. The Kier molecular flexibility index (Phi) is 4.18. The van der Waals surface area contributed by atoms with Crippen LogP contribution in [0.5, 0.6) is 0 Å². The van der Waals surface area contributed by atoms with Crippen LogP contribution in [-0.4, -0.2) is 21.9 Å². The maximum absolute atomic E-state index is 12.0. The van der Waals surface area contributed by atoms with Crippen LogP contribution in [0, 0.1) is 10.1 Å². The zero-order valence-corrected chi connectivity index (χ0v) is 12.4. The molecule has 2 aromatic rings. The van der Waals surface area contributed by atoms with Gasteiger partial charge in [0.05, 0.1) is 4.92 Å². The second-order valence-corrected chi connectivity index (χ2v) is 5.45. The Morgan fingerprint density at radius 1 is 1.35 bits per heavy atom. The summed E-state index contributed by atoms with van der Waals surface area (Å²) < 4.78 is 0. The fourth-order valence-electron chi connectivity index (χ4n) is 2.17. The number of pyridine rings is 1. The Balaban J connectivity index is 1.76. The highest BCUT2D eigenvalue weighted by Crippen LogP contribution is 2.27. The molecule has 0 radical (unpaired) electrons. The van der Waals surface area contributed by atoms with E-state index in [2.05, 4.69) is 15.6 Å². The lowest BCUT2D eigenvalue weighted by molar-refractivity contribution is -0.384. The highest BCUT2D eigenvalue weighted by atomic mass is 16.6. The van der Waals surface area contributed by atoms with E-state index in [1.165, 1.54) is 6.07 Å². The molecule has 1 aliphatic rings. The molecule has 1 aromatic carbocycles. The van der Waals surface area contributed by atoms with Crippen molar-refractivity contribution in [3.05, 3.63) is 64.0 Å². The molecule has 0 spiro atoms. The van der Waals surface area contributed by atoms with Gasteiger partial charge >= 0.3 is 0 Å². The summed E-state index contributed by atoms with van der Waals surface area (Å²) in [4.78, 5) is 26.8. The topological polar surface area (TPSA) is 97.2 Å². The van der Waals surface area contributed by atoms with Crippen molar-refractivity contribution >= 4 is 17.3 Å². The highest BCUT2D eigenvalue weighted by Gasteiger charge is 2.25. The quantitative estimate of drug-likeness (QED) is 0.631. The van der Waals surface area contributed by atoms with Crippen molar-refractivity contribution < 1.29 is 9.72 Å². The number of benzene rings is 1. The summed E-state index contributed by atoms with van der Waals surface area (Å²) in [6.07, 6.45) is 5.30. The van der Waals surface area contributed by atoms with E-state index >= 15 is 0 Å². The standard InChI is InChI=1S/C16H16N4O3/c21-16(19-13-4-5-13)12-3-6-14(15(8-12)20(22)23)18-10-11-2-1-7-17-9-11/h1-3,6-9,13,18H,4-5,10H2,(H,19,21). The van der Waals surface area contributed by atoms with E-state index in [4.69, 9.17) is 0 Å². The van der Waals surface area contributed by atoms with Crippen molar-refractivity contribution in [1.82, 2.24) is 10.3 Å². The van der Waals surface area contributed by atoms with Crippen molar-refractivity contribution in [3.8, 4) is 0 Å². The van der Waals surface area contributed by atoms with Gasteiger partial charge in [-0.1, -0.05) is 6.07 Å². The van der Waals surface area contributed by atoms with Crippen molar-refractivity contribution in [2.45, 2.75) is 25.4 Å². The van der Waals surface area contributed by atoms with Crippen molar-refractivity contribution in [3.63, 3.8) is 0 Å². The summed E-state index contributed by atoms with van der Waals surface area (Å²) in [5.74, 6) is -0.269. The molecule has 3 rings (SSSR count). The Bertz CT molecular complexity index is 729. The summed E-state index contributed by atoms with van der Waals surface area (Å²) >= 11 is 0. The first kappa shape index (κ1) is 15.0. The average Bonchev–Trinajstić information content (AvgIpc) is 3.37. The van der Waals surface area contributed by atoms with E-state index in [0.717, 1.165) is 18.4 Å². The number of amides is 1. The second kappa shape index (κ2) is 6.43. The zero-order valence-electron chi connectivity index (χ0n) is 12.4. The third-order valence-electron chi connectivity index (χ3n) is 3.57. The van der Waals surface area contributed by atoms with Crippen LogP contribution in [0.3, 0.4) is 0 Å². The number of hydrogen-bond donors (Lipinski definition) is 2. The van der Waals surface area contributed by atoms with E-state index in [-0.39, 0.29) is 17.6 Å². The summed E-state index contributed by atoms with van der Waals surface area (Å²) in [7, 11) is 0. The molecule has 7 nitrogen and oxygen atoms in total. The SMILES string of the molecule is O=C(NC1CC1)c1ccc(NCc2cccnc2)c([N+](=O)[O-])c1. The molecule has 23 heavy (non-hydrogen) atoms. The Morgan fingerprint density at radius 3 is 2.83 bits per heavy atom. The number of aromatic nitrogens is 1. The monoisotopic (exact) mass is 312 g/mol. The highest BCUT2D eigenvalue weighted by molar-refractivity contribution is 5.96. The number of nitro benzene ring substituents is 1. The first-order chi connectivity index (χ1) is 11.1. The van der Waals surface area contributed by atoms with Crippen molar-refractivity contribution in [2.24, 2.45) is 0 Å². The lowest BCUT2D eigenvalue weighted by Gasteiger charge is -2.09. The largest absolute Gasteiger partial charge is 0.375 e. The van der Waals surface area contributed by atoms with Gasteiger partial charge in [0.15, 0.2) is 0 Å². The Morgan fingerprint density at radius 2 is 2.17 bits per heavy atom. The zero-order chi connectivity index (χ0) is 16.2. The smallest absolute Gasteiger partial charge is 0.293 e. The molecule has 1 heterocycles. The minimum Gasteiger partial charge on any atom is -0.375 e. The molecular formula is C16H16N4O3. The molecule has 1 aromatic heterocycles. The van der Waals surface area contributed by atoms with Crippen molar-refractivity contribution in [2.75, 3.05) is 5.32 Å². The molecule has 1 fully saturated rings. The van der Waals surface area contributed by atoms with Crippen LogP contribution in [0.4, 0.5) is 11.4 Å². The van der Waals surface area contributed by atoms with Crippen LogP contribution >= 0.6 is 0 Å². The van der Waals surface area contributed by atoms with Crippen molar-refractivity contribution in [1.29, 1.82) is 0 Å². The lowest BCUT2D eigenvalue weighted by Crippen LogP contribution is -2.25. The minimum absolute atomic E-state index is 0.114. The fraction of sp³-hybridized carbons (Fsp3) is 0.250.